The summed E-state index contributed by atoms with van der Waals surface area (Å²) in [7, 11) is 1.27. The molecule has 1 aromatic carbocycles. The number of nitro groups is 1. The Morgan fingerprint density at radius 3 is 2.61 bits per heavy atom. The maximum absolute atomic E-state index is 13.6. The van der Waals surface area contributed by atoms with Gasteiger partial charge in [0, 0.05) is 6.07 Å². The molecule has 0 bridgehead atoms. The molecule has 5 nitrogen and oxygen atoms in total. The minimum Gasteiger partial charge on any atom is -0.468 e. The molecular weight excluding hydrogens is 241 g/mol. The number of carbonyl (C=O) groups is 1. The summed E-state index contributed by atoms with van der Waals surface area (Å²) in [5.41, 5.74) is -0.998. The summed E-state index contributed by atoms with van der Waals surface area (Å²) in [6.45, 7) is 1.86. The molecule has 0 N–H and O–H groups in total. The number of methoxy groups -OCH3 is 1. The normalized spacial score (nSPS) is 25.6. The van der Waals surface area contributed by atoms with Gasteiger partial charge in [-0.3, -0.25) is 14.9 Å². The Balaban J connectivity index is 2.44. The van der Waals surface area contributed by atoms with Gasteiger partial charge in [0.1, 0.15) is 0 Å². The third-order valence-corrected chi connectivity index (χ3v) is 3.52. The van der Waals surface area contributed by atoms with Gasteiger partial charge in [-0.2, -0.15) is 4.39 Å². The second-order valence-corrected chi connectivity index (χ2v) is 4.49. The van der Waals surface area contributed by atoms with Crippen LogP contribution in [0.1, 0.15) is 18.9 Å². The Bertz CT molecular complexity index is 531. The Morgan fingerprint density at radius 2 is 2.22 bits per heavy atom. The first-order valence-corrected chi connectivity index (χ1v) is 5.46. The van der Waals surface area contributed by atoms with Crippen molar-refractivity contribution in [3.8, 4) is 0 Å². The van der Waals surface area contributed by atoms with Gasteiger partial charge in [-0.05, 0) is 24.0 Å². The van der Waals surface area contributed by atoms with Gasteiger partial charge in [-0.25, -0.2) is 0 Å². The summed E-state index contributed by atoms with van der Waals surface area (Å²) < 4.78 is 18.3. The molecule has 1 aliphatic carbocycles. The lowest BCUT2D eigenvalue weighted by Crippen LogP contribution is -2.24. The third-order valence-electron chi connectivity index (χ3n) is 3.52. The summed E-state index contributed by atoms with van der Waals surface area (Å²) in [4.78, 5) is 21.5. The SMILES string of the molecule is COC(=O)C1(c2ccc([N+](=O)[O-])c(F)c2)CC1C. The van der Waals surface area contributed by atoms with Crippen LogP contribution in [-0.2, 0) is 14.9 Å². The highest BCUT2D eigenvalue weighted by Crippen LogP contribution is 2.55. The predicted octanol–water partition coefficient (Wildman–Crippen LogP) is 2.18. The number of ether oxygens (including phenoxy) is 1. The van der Waals surface area contributed by atoms with Crippen LogP contribution >= 0.6 is 0 Å². The largest absolute Gasteiger partial charge is 0.468 e. The van der Waals surface area contributed by atoms with Crippen molar-refractivity contribution in [1.29, 1.82) is 0 Å². The van der Waals surface area contributed by atoms with E-state index in [4.69, 9.17) is 4.74 Å². The Hall–Kier alpha value is -1.98. The number of rotatable bonds is 3. The van der Waals surface area contributed by atoms with E-state index in [-0.39, 0.29) is 5.92 Å². The first kappa shape index (κ1) is 12.5. The van der Waals surface area contributed by atoms with Gasteiger partial charge >= 0.3 is 11.7 Å². The van der Waals surface area contributed by atoms with Gasteiger partial charge in [0.25, 0.3) is 0 Å². The van der Waals surface area contributed by atoms with Crippen LogP contribution in [0.5, 0.6) is 0 Å². The topological polar surface area (TPSA) is 69.4 Å². The van der Waals surface area contributed by atoms with E-state index in [9.17, 15) is 19.3 Å². The van der Waals surface area contributed by atoms with E-state index in [1.807, 2.05) is 6.92 Å². The number of hydrogen-bond donors (Lipinski definition) is 0. The van der Waals surface area contributed by atoms with Crippen molar-refractivity contribution in [2.45, 2.75) is 18.8 Å². The lowest BCUT2D eigenvalue weighted by atomic mass is 9.93. The molecule has 1 aromatic rings. The number of nitro benzene ring substituents is 1. The minimum atomic E-state index is -0.931. The molecule has 2 unspecified atom stereocenters. The van der Waals surface area contributed by atoms with Crippen molar-refractivity contribution in [2.24, 2.45) is 5.92 Å². The van der Waals surface area contributed by atoms with E-state index in [1.54, 1.807) is 0 Å². The lowest BCUT2D eigenvalue weighted by Gasteiger charge is -2.14. The zero-order chi connectivity index (χ0) is 13.5. The fourth-order valence-electron chi connectivity index (χ4n) is 2.34. The fourth-order valence-corrected chi connectivity index (χ4v) is 2.34. The molecule has 6 heteroatoms. The average Bonchev–Trinajstić information content (AvgIpc) is 3.00. The van der Waals surface area contributed by atoms with E-state index in [2.05, 4.69) is 0 Å². The molecule has 1 fully saturated rings. The number of halogens is 1. The average molecular weight is 253 g/mol. The summed E-state index contributed by atoms with van der Waals surface area (Å²) in [5.74, 6) is -1.31. The molecule has 1 aliphatic rings. The van der Waals surface area contributed by atoms with Gasteiger partial charge in [0.2, 0.25) is 5.82 Å². The molecule has 96 valence electrons. The van der Waals surface area contributed by atoms with Crippen LogP contribution in [0.25, 0.3) is 0 Å². The highest BCUT2D eigenvalue weighted by Gasteiger charge is 2.59. The van der Waals surface area contributed by atoms with E-state index in [0.29, 0.717) is 12.0 Å². The van der Waals surface area contributed by atoms with Crippen molar-refractivity contribution < 1.29 is 18.8 Å². The van der Waals surface area contributed by atoms with Gasteiger partial charge in [0.05, 0.1) is 17.4 Å². The first-order chi connectivity index (χ1) is 8.43. The van der Waals surface area contributed by atoms with E-state index in [1.165, 1.54) is 13.2 Å². The summed E-state index contributed by atoms with van der Waals surface area (Å²) in [5, 5.41) is 10.5. The Labute approximate surface area is 103 Å². The maximum Gasteiger partial charge on any atom is 0.316 e. The van der Waals surface area contributed by atoms with Gasteiger partial charge in [-0.1, -0.05) is 13.0 Å². The quantitative estimate of drug-likeness (QED) is 0.470. The van der Waals surface area contributed by atoms with E-state index >= 15 is 0 Å². The molecule has 0 spiro atoms. The van der Waals surface area contributed by atoms with Crippen molar-refractivity contribution in [3.05, 3.63) is 39.7 Å². The molecule has 2 rings (SSSR count). The van der Waals surface area contributed by atoms with Crippen LogP contribution in [0.4, 0.5) is 10.1 Å². The molecule has 18 heavy (non-hydrogen) atoms. The number of carbonyl (C=O) groups excluding carboxylic acids is 1. The minimum absolute atomic E-state index is 0.0470. The molecule has 0 heterocycles. The number of benzene rings is 1. The second-order valence-electron chi connectivity index (χ2n) is 4.49. The van der Waals surface area contributed by atoms with Gasteiger partial charge in [-0.15, -0.1) is 0 Å². The van der Waals surface area contributed by atoms with Crippen LogP contribution < -0.4 is 0 Å². The Kier molecular flexibility index (Phi) is 2.80. The number of nitrogens with zero attached hydrogens (tertiary/aromatic N) is 1. The van der Waals surface area contributed by atoms with Gasteiger partial charge in [0.15, 0.2) is 0 Å². The smallest absolute Gasteiger partial charge is 0.316 e. The van der Waals surface area contributed by atoms with Crippen LogP contribution in [0.3, 0.4) is 0 Å². The lowest BCUT2D eigenvalue weighted by molar-refractivity contribution is -0.387. The molecule has 0 aromatic heterocycles. The second kappa shape index (κ2) is 4.04. The third kappa shape index (κ3) is 1.64. The highest BCUT2D eigenvalue weighted by atomic mass is 19.1. The van der Waals surface area contributed by atoms with Crippen LogP contribution in [-0.4, -0.2) is 18.0 Å². The van der Waals surface area contributed by atoms with Gasteiger partial charge < -0.3 is 4.74 Å². The molecule has 0 radical (unpaired) electrons. The molecular formula is C12H12FNO4. The molecule has 0 saturated heterocycles. The summed E-state index contributed by atoms with van der Waals surface area (Å²) in [6.07, 6.45) is 0.566. The van der Waals surface area contributed by atoms with Crippen molar-refractivity contribution in [2.75, 3.05) is 7.11 Å². The predicted molar refractivity (Wildman–Crippen MR) is 60.5 cm³/mol. The van der Waals surface area contributed by atoms with Crippen molar-refractivity contribution >= 4 is 11.7 Å². The fraction of sp³-hybridized carbons (Fsp3) is 0.417. The first-order valence-electron chi connectivity index (χ1n) is 5.46. The zero-order valence-corrected chi connectivity index (χ0v) is 9.97. The maximum atomic E-state index is 13.6. The Morgan fingerprint density at radius 1 is 1.61 bits per heavy atom. The molecule has 0 aliphatic heterocycles. The van der Waals surface area contributed by atoms with E-state index in [0.717, 1.165) is 12.1 Å². The number of hydrogen-bond acceptors (Lipinski definition) is 4. The van der Waals surface area contributed by atoms with Crippen LogP contribution in [0.15, 0.2) is 18.2 Å². The summed E-state index contributed by atoms with van der Waals surface area (Å²) in [6, 6.07) is 3.56. The number of esters is 1. The zero-order valence-electron chi connectivity index (χ0n) is 9.97. The van der Waals surface area contributed by atoms with Crippen LogP contribution in [0, 0.1) is 21.8 Å². The molecule has 0 amide bonds. The van der Waals surface area contributed by atoms with Crippen LogP contribution in [0.2, 0.25) is 0 Å². The highest BCUT2D eigenvalue weighted by molar-refractivity contribution is 5.87. The molecule has 2 atom stereocenters. The molecule has 1 saturated carbocycles. The van der Waals surface area contributed by atoms with Crippen molar-refractivity contribution in [3.63, 3.8) is 0 Å². The summed E-state index contributed by atoms with van der Waals surface area (Å²) >= 11 is 0. The monoisotopic (exact) mass is 253 g/mol. The standard InChI is InChI=1S/C12H12FNO4/c1-7-6-12(7,11(15)18-2)8-3-4-10(14(16)17)9(13)5-8/h3-5,7H,6H2,1-2H3. The van der Waals surface area contributed by atoms with Crippen molar-refractivity contribution in [1.82, 2.24) is 0 Å². The van der Waals surface area contributed by atoms with E-state index < -0.39 is 27.8 Å².